The largest absolute Gasteiger partial charge is 2.00 e. The minimum atomic E-state index is -5.39. The summed E-state index contributed by atoms with van der Waals surface area (Å²) in [5.74, 6) is 0. The summed E-state index contributed by atoms with van der Waals surface area (Å²) in [5, 5.41) is 0. The number of hydrogen-bond acceptors (Lipinski definition) is 5. The summed E-state index contributed by atoms with van der Waals surface area (Å²) in [7, 11) is -10.0. The first-order valence-electron chi connectivity index (χ1n) is 1.51. The van der Waals surface area contributed by atoms with Crippen molar-refractivity contribution >= 4 is 15.6 Å². The van der Waals surface area contributed by atoms with Gasteiger partial charge in [0.25, 0.3) is 0 Å². The molecule has 0 fully saturated rings. The minimum absolute atomic E-state index is 0. The first-order valence-corrected chi connectivity index (χ1v) is 4.54. The van der Waals surface area contributed by atoms with Gasteiger partial charge in [0.05, 0.1) is 0 Å². The SMILES string of the molecule is O=P(O)(O)O.O=P([O-])([O-])[O-].[Cr+2]. The molecule has 0 saturated heterocycles. The van der Waals surface area contributed by atoms with Crippen LogP contribution in [0.3, 0.4) is 0 Å². The van der Waals surface area contributed by atoms with Crippen LogP contribution in [-0.4, -0.2) is 14.7 Å². The van der Waals surface area contributed by atoms with Crippen molar-refractivity contribution in [3.8, 4) is 0 Å². The summed E-state index contributed by atoms with van der Waals surface area (Å²) in [4.78, 5) is 47.2. The van der Waals surface area contributed by atoms with Crippen molar-refractivity contribution < 1.29 is 55.9 Å². The molecule has 0 aliphatic rings. The molecule has 0 spiro atoms. The van der Waals surface area contributed by atoms with Crippen molar-refractivity contribution in [1.82, 2.24) is 0 Å². The number of hydrogen-bond donors (Lipinski definition) is 3. The maximum Gasteiger partial charge on any atom is 2.00 e. The predicted octanol–water partition coefficient (Wildman–Crippen LogP) is -3.76. The van der Waals surface area contributed by atoms with Crippen molar-refractivity contribution in [1.29, 1.82) is 0 Å². The topological polar surface area (TPSA) is 164 Å². The second-order valence-electron chi connectivity index (χ2n) is 0.960. The van der Waals surface area contributed by atoms with Crippen molar-refractivity contribution in [3.05, 3.63) is 0 Å². The average Bonchev–Trinajstić information content (AvgIpc) is 1.12. The molecule has 0 aliphatic heterocycles. The van der Waals surface area contributed by atoms with E-state index in [1.54, 1.807) is 0 Å². The Bertz CT molecular complexity index is 124. The fourth-order valence-corrected chi connectivity index (χ4v) is 0. The third kappa shape index (κ3) is 1450. The second-order valence-corrected chi connectivity index (χ2v) is 2.88. The molecule has 0 heterocycles. The molecular formula is H3CrO8P2-. The molecule has 0 radical (unpaired) electrons. The van der Waals surface area contributed by atoms with Crippen molar-refractivity contribution in [3.63, 3.8) is 0 Å². The van der Waals surface area contributed by atoms with Gasteiger partial charge in [-0.1, -0.05) is 0 Å². The van der Waals surface area contributed by atoms with Gasteiger partial charge in [0.15, 0.2) is 0 Å². The van der Waals surface area contributed by atoms with Crippen LogP contribution >= 0.6 is 15.6 Å². The zero-order valence-corrected chi connectivity index (χ0v) is 7.75. The van der Waals surface area contributed by atoms with E-state index >= 15 is 0 Å². The van der Waals surface area contributed by atoms with E-state index in [-0.39, 0.29) is 17.4 Å². The zero-order chi connectivity index (χ0) is 9.00. The molecule has 68 valence electrons. The average molecular weight is 245 g/mol. The molecule has 0 aromatic heterocycles. The van der Waals surface area contributed by atoms with Gasteiger partial charge in [-0.2, -0.15) is 7.82 Å². The third-order valence-corrected chi connectivity index (χ3v) is 0. The van der Waals surface area contributed by atoms with Gasteiger partial charge in [0, 0.05) is 0 Å². The Hall–Kier alpha value is 0.752. The molecule has 11 heteroatoms. The Morgan fingerprint density at radius 1 is 0.909 bits per heavy atom. The van der Waals surface area contributed by atoms with Gasteiger partial charge < -0.3 is 33.9 Å². The van der Waals surface area contributed by atoms with Crippen LogP contribution in [0.1, 0.15) is 0 Å². The maximum absolute atomic E-state index is 8.88. The van der Waals surface area contributed by atoms with Crippen LogP contribution in [0.2, 0.25) is 0 Å². The Balaban J connectivity index is -0.000000107. The molecule has 8 nitrogen and oxygen atoms in total. The molecule has 0 saturated carbocycles. The normalized spacial score (nSPS) is 10.7. The Morgan fingerprint density at radius 2 is 0.909 bits per heavy atom. The van der Waals surface area contributed by atoms with E-state index in [1.165, 1.54) is 0 Å². The smallest absolute Gasteiger partial charge is 0.822 e. The molecule has 0 aliphatic carbocycles. The van der Waals surface area contributed by atoms with Crippen LogP contribution < -0.4 is 14.7 Å². The molecular weight excluding hydrogens is 242 g/mol. The van der Waals surface area contributed by atoms with Gasteiger partial charge in [0.2, 0.25) is 0 Å². The molecule has 3 N–H and O–H groups in total. The Kier molecular flexibility index (Phi) is 10.1. The standard InChI is InChI=1S/Cr.2H3O4P/c;2*1-5(2,3)4/h;2*(H3,1,2,3,4)/q+2;;/p-3. The Morgan fingerprint density at radius 3 is 0.909 bits per heavy atom. The van der Waals surface area contributed by atoms with E-state index in [2.05, 4.69) is 0 Å². The van der Waals surface area contributed by atoms with E-state index in [0.29, 0.717) is 0 Å². The van der Waals surface area contributed by atoms with Crippen LogP contribution in [0, 0.1) is 0 Å². The van der Waals surface area contributed by atoms with Gasteiger partial charge in [0.1, 0.15) is 0 Å². The van der Waals surface area contributed by atoms with Crippen LogP contribution in [0.15, 0.2) is 0 Å². The van der Waals surface area contributed by atoms with E-state index in [1.807, 2.05) is 0 Å². The van der Waals surface area contributed by atoms with Gasteiger partial charge in [-0.25, -0.2) is 4.57 Å². The van der Waals surface area contributed by atoms with Crippen molar-refractivity contribution in [2.24, 2.45) is 0 Å². The fraction of sp³-hybridized carbons (Fsp3) is 0. The second kappa shape index (κ2) is 6.29. The van der Waals surface area contributed by atoms with E-state index in [0.717, 1.165) is 0 Å². The van der Waals surface area contributed by atoms with E-state index in [9.17, 15) is 0 Å². The van der Waals surface area contributed by atoms with Gasteiger partial charge in [-0.3, -0.25) is 0 Å². The molecule has 0 aromatic rings. The molecule has 11 heavy (non-hydrogen) atoms. The summed E-state index contributed by atoms with van der Waals surface area (Å²) in [6.45, 7) is 0. The monoisotopic (exact) mass is 245 g/mol. The van der Waals surface area contributed by atoms with E-state index < -0.39 is 15.6 Å². The molecule has 0 unspecified atom stereocenters. The van der Waals surface area contributed by atoms with Gasteiger partial charge in [-0.05, 0) is 0 Å². The predicted molar refractivity (Wildman–Crippen MR) is 21.9 cm³/mol. The maximum atomic E-state index is 8.88. The number of phosphoric acid groups is 2. The molecule has 0 atom stereocenters. The van der Waals surface area contributed by atoms with Crippen LogP contribution in [0.5, 0.6) is 0 Å². The molecule has 0 rings (SSSR count). The summed E-state index contributed by atoms with van der Waals surface area (Å²) in [5.41, 5.74) is 0. The fourth-order valence-electron chi connectivity index (χ4n) is 0. The zero-order valence-electron chi connectivity index (χ0n) is 4.69. The van der Waals surface area contributed by atoms with E-state index in [4.69, 9.17) is 38.5 Å². The third-order valence-electron chi connectivity index (χ3n) is 0. The molecule has 0 aromatic carbocycles. The summed E-state index contributed by atoms with van der Waals surface area (Å²) < 4.78 is 17.4. The van der Waals surface area contributed by atoms with Crippen molar-refractivity contribution in [2.45, 2.75) is 0 Å². The van der Waals surface area contributed by atoms with Gasteiger partial charge >= 0.3 is 25.2 Å². The summed E-state index contributed by atoms with van der Waals surface area (Å²) in [6.07, 6.45) is 0. The van der Waals surface area contributed by atoms with Crippen LogP contribution in [0.25, 0.3) is 0 Å². The van der Waals surface area contributed by atoms with Crippen LogP contribution in [0.4, 0.5) is 0 Å². The first kappa shape index (κ1) is 17.7. The van der Waals surface area contributed by atoms with Gasteiger partial charge in [-0.15, -0.1) is 0 Å². The first-order chi connectivity index (χ1) is 4.00. The van der Waals surface area contributed by atoms with Crippen molar-refractivity contribution in [2.75, 3.05) is 0 Å². The number of rotatable bonds is 0. The van der Waals surface area contributed by atoms with Crippen LogP contribution in [-0.2, 0) is 26.5 Å². The molecule has 0 bridgehead atoms. The summed E-state index contributed by atoms with van der Waals surface area (Å²) in [6, 6.07) is 0. The summed E-state index contributed by atoms with van der Waals surface area (Å²) >= 11 is 0. The molecule has 0 amide bonds. The quantitative estimate of drug-likeness (QED) is 0.366. The Labute approximate surface area is 72.1 Å². The minimum Gasteiger partial charge on any atom is -0.822 e.